The van der Waals surface area contributed by atoms with Crippen molar-refractivity contribution in [1.82, 2.24) is 0 Å². The molecule has 1 aliphatic rings. The molecular weight excluding hydrogens is 256 g/mol. The van der Waals surface area contributed by atoms with Gasteiger partial charge in [-0.25, -0.2) is 0 Å². The van der Waals surface area contributed by atoms with Gasteiger partial charge in [0, 0.05) is 0 Å². The highest BCUT2D eigenvalue weighted by Crippen LogP contribution is 2.05. The van der Waals surface area contributed by atoms with Gasteiger partial charge in [-0.05, 0) is 18.1 Å². The number of allylic oxidation sites excluding steroid dienone is 1. The molecule has 2 nitrogen and oxygen atoms in total. The van der Waals surface area contributed by atoms with E-state index in [2.05, 4.69) is 55.0 Å². The van der Waals surface area contributed by atoms with Gasteiger partial charge in [-0.3, -0.25) is 4.90 Å². The van der Waals surface area contributed by atoms with Crippen LogP contribution in [-0.4, -0.2) is 12.4 Å². The van der Waals surface area contributed by atoms with Crippen molar-refractivity contribution in [2.75, 3.05) is 6.54 Å². The Kier molecular flexibility index (Phi) is 6.54. The molecule has 0 bridgehead atoms. The van der Waals surface area contributed by atoms with E-state index in [1.165, 1.54) is 29.1 Å². The van der Waals surface area contributed by atoms with Crippen LogP contribution in [0.4, 0.5) is 0 Å². The zero-order valence-electron chi connectivity index (χ0n) is 11.4. The minimum Gasteiger partial charge on any atom is -1.00 e. The molecule has 1 aliphatic heterocycles. The molecule has 2 rings (SSSR count). The molecule has 0 saturated carbocycles. The second-order valence-corrected chi connectivity index (χ2v) is 4.62. The fraction of sp³-hybridized carbons (Fsp3) is 0.312. The van der Waals surface area contributed by atoms with Crippen LogP contribution in [0.15, 0.2) is 59.9 Å². The molecule has 1 aromatic carbocycles. The van der Waals surface area contributed by atoms with Gasteiger partial charge < -0.3 is 12.4 Å². The van der Waals surface area contributed by atoms with E-state index in [0.717, 1.165) is 18.7 Å². The number of nitrogens with zero attached hydrogens (tertiary/aromatic N) is 1. The van der Waals surface area contributed by atoms with Crippen LogP contribution in [0.1, 0.15) is 25.3 Å². The van der Waals surface area contributed by atoms with Crippen molar-refractivity contribution in [2.24, 2.45) is 4.99 Å². The molecule has 1 aromatic rings. The maximum atomic E-state index is 4.66. The summed E-state index contributed by atoms with van der Waals surface area (Å²) in [5.74, 6) is 1.21. The number of hydrogen-bond donors (Lipinski definition) is 1. The van der Waals surface area contributed by atoms with Crippen molar-refractivity contribution in [1.29, 1.82) is 0 Å². The standard InChI is InChI=1S/C16H20N2.ClH/c1-3-5-11-18-13-15(4-2)17-16(18)12-14-9-7-6-8-10-14;/h4,6-10,13H,2-3,5,11-12H2,1H3;1H. The fourth-order valence-electron chi connectivity index (χ4n) is 2.15. The maximum Gasteiger partial charge on any atom is 0.211 e. The highest BCUT2D eigenvalue weighted by Gasteiger charge is 2.21. The topological polar surface area (TPSA) is 16.8 Å². The lowest BCUT2D eigenvalue weighted by Crippen LogP contribution is -3.09. The summed E-state index contributed by atoms with van der Waals surface area (Å²) in [6, 6.07) is 10.5. The fourth-order valence-corrected chi connectivity index (χ4v) is 2.15. The smallest absolute Gasteiger partial charge is 0.211 e. The number of rotatable bonds is 6. The van der Waals surface area contributed by atoms with Gasteiger partial charge in [-0.15, -0.1) is 0 Å². The summed E-state index contributed by atoms with van der Waals surface area (Å²) >= 11 is 0. The Morgan fingerprint density at radius 3 is 2.63 bits per heavy atom. The molecule has 0 amide bonds. The Labute approximate surface area is 122 Å². The first-order chi connectivity index (χ1) is 8.83. The van der Waals surface area contributed by atoms with Gasteiger partial charge in [-0.2, -0.15) is 4.99 Å². The average Bonchev–Trinajstić information content (AvgIpc) is 2.80. The lowest BCUT2D eigenvalue weighted by atomic mass is 10.1. The molecule has 1 atom stereocenters. The van der Waals surface area contributed by atoms with Crippen LogP contribution in [0.5, 0.6) is 0 Å². The number of unbranched alkanes of at least 4 members (excludes halogenated alkanes) is 1. The van der Waals surface area contributed by atoms with Crippen LogP contribution < -0.4 is 17.3 Å². The summed E-state index contributed by atoms with van der Waals surface area (Å²) < 4.78 is 0. The van der Waals surface area contributed by atoms with Crippen LogP contribution in [0.3, 0.4) is 0 Å². The van der Waals surface area contributed by atoms with E-state index in [1.807, 2.05) is 6.08 Å². The summed E-state index contributed by atoms with van der Waals surface area (Å²) in [6.45, 7) is 7.16. The molecule has 1 heterocycles. The van der Waals surface area contributed by atoms with E-state index in [4.69, 9.17) is 0 Å². The van der Waals surface area contributed by atoms with Gasteiger partial charge in [0.2, 0.25) is 5.84 Å². The summed E-state index contributed by atoms with van der Waals surface area (Å²) in [4.78, 5) is 6.04. The van der Waals surface area contributed by atoms with Crippen LogP contribution in [0.25, 0.3) is 0 Å². The number of halogens is 1. The molecule has 3 heteroatoms. The van der Waals surface area contributed by atoms with Crippen molar-refractivity contribution in [3.05, 3.63) is 60.4 Å². The molecule has 0 aromatic heterocycles. The van der Waals surface area contributed by atoms with Gasteiger partial charge >= 0.3 is 0 Å². The number of aliphatic imine (C=N–C) groups is 1. The van der Waals surface area contributed by atoms with E-state index < -0.39 is 0 Å². The molecular formula is C16H21ClN2. The molecule has 102 valence electrons. The third-order valence-electron chi connectivity index (χ3n) is 3.18. The summed E-state index contributed by atoms with van der Waals surface area (Å²) in [7, 11) is 0. The third kappa shape index (κ3) is 4.34. The van der Waals surface area contributed by atoms with E-state index in [9.17, 15) is 0 Å². The largest absolute Gasteiger partial charge is 1.00 e. The van der Waals surface area contributed by atoms with Gasteiger partial charge in [-0.1, -0.05) is 50.3 Å². The van der Waals surface area contributed by atoms with Crippen LogP contribution in [-0.2, 0) is 6.42 Å². The molecule has 1 N–H and O–H groups in total. The Hall–Kier alpha value is -1.38. The van der Waals surface area contributed by atoms with Crippen LogP contribution in [0, 0.1) is 0 Å². The highest BCUT2D eigenvalue weighted by atomic mass is 35.5. The van der Waals surface area contributed by atoms with Gasteiger partial charge in [0.15, 0.2) is 0 Å². The lowest BCUT2D eigenvalue weighted by molar-refractivity contribution is -0.746. The van der Waals surface area contributed by atoms with Crippen molar-refractivity contribution >= 4 is 5.84 Å². The summed E-state index contributed by atoms with van der Waals surface area (Å²) in [5.41, 5.74) is 2.33. The zero-order valence-corrected chi connectivity index (χ0v) is 12.2. The average molecular weight is 277 g/mol. The first-order valence-electron chi connectivity index (χ1n) is 6.65. The number of nitrogens with one attached hydrogen (secondary N) is 1. The molecule has 19 heavy (non-hydrogen) atoms. The second-order valence-electron chi connectivity index (χ2n) is 4.62. The first-order valence-corrected chi connectivity index (χ1v) is 6.65. The van der Waals surface area contributed by atoms with Gasteiger partial charge in [0.05, 0.1) is 13.0 Å². The number of quaternary nitrogens is 1. The van der Waals surface area contributed by atoms with E-state index in [0.29, 0.717) is 0 Å². The van der Waals surface area contributed by atoms with Gasteiger partial charge in [0.25, 0.3) is 0 Å². The highest BCUT2D eigenvalue weighted by molar-refractivity contribution is 5.79. The molecule has 0 aliphatic carbocycles. The van der Waals surface area contributed by atoms with Gasteiger partial charge in [0.1, 0.15) is 11.9 Å². The Bertz CT molecular complexity index is 463. The van der Waals surface area contributed by atoms with E-state index in [-0.39, 0.29) is 12.4 Å². The second kappa shape index (κ2) is 7.93. The van der Waals surface area contributed by atoms with E-state index >= 15 is 0 Å². The number of amidine groups is 1. The lowest BCUT2D eigenvalue weighted by Gasteiger charge is -2.11. The first kappa shape index (κ1) is 15.7. The molecule has 1 unspecified atom stereocenters. The minimum absolute atomic E-state index is 0. The van der Waals surface area contributed by atoms with Crippen molar-refractivity contribution in [3.63, 3.8) is 0 Å². The predicted molar refractivity (Wildman–Crippen MR) is 76.6 cm³/mol. The molecule has 0 saturated heterocycles. The van der Waals surface area contributed by atoms with Crippen LogP contribution in [0.2, 0.25) is 0 Å². The van der Waals surface area contributed by atoms with Crippen molar-refractivity contribution in [2.45, 2.75) is 26.2 Å². The quantitative estimate of drug-likeness (QED) is 0.712. The Balaban J connectivity index is 0.00000180. The normalized spacial score (nSPS) is 17.4. The number of benzene rings is 1. The predicted octanol–water partition coefficient (Wildman–Crippen LogP) is -0.642. The number of hydrogen-bond acceptors (Lipinski definition) is 1. The molecule has 0 spiro atoms. The SMILES string of the molecule is C=CC1=C[NH+](CCCC)C(Cc2ccccc2)=N1.[Cl-]. The Morgan fingerprint density at radius 1 is 1.26 bits per heavy atom. The maximum absolute atomic E-state index is 4.66. The summed E-state index contributed by atoms with van der Waals surface area (Å²) in [5, 5.41) is 0. The zero-order chi connectivity index (χ0) is 12.8. The third-order valence-corrected chi connectivity index (χ3v) is 3.18. The van der Waals surface area contributed by atoms with Crippen LogP contribution >= 0.6 is 0 Å². The van der Waals surface area contributed by atoms with Crippen molar-refractivity contribution in [3.8, 4) is 0 Å². The van der Waals surface area contributed by atoms with Crippen molar-refractivity contribution < 1.29 is 17.3 Å². The molecule has 0 radical (unpaired) electrons. The summed E-state index contributed by atoms with van der Waals surface area (Å²) in [6.07, 6.45) is 7.39. The van der Waals surface area contributed by atoms with E-state index in [1.54, 1.807) is 0 Å². The monoisotopic (exact) mass is 276 g/mol. The minimum atomic E-state index is 0. The Morgan fingerprint density at radius 2 is 2.00 bits per heavy atom. The molecule has 0 fully saturated rings.